The molecule has 212 valence electrons. The molecule has 2 fully saturated rings. The smallest absolute Gasteiger partial charge is 0.246 e. The van der Waals surface area contributed by atoms with Crippen LogP contribution in [0, 0.1) is 11.8 Å². The van der Waals surface area contributed by atoms with Crippen LogP contribution in [-0.2, 0) is 38.6 Å². The van der Waals surface area contributed by atoms with Crippen LogP contribution in [0.2, 0.25) is 0 Å². The van der Waals surface area contributed by atoms with Crippen LogP contribution >= 0.6 is 11.3 Å². The van der Waals surface area contributed by atoms with E-state index in [2.05, 4.69) is 10.6 Å². The topological polar surface area (TPSA) is 97.0 Å². The van der Waals surface area contributed by atoms with Crippen molar-refractivity contribution in [2.45, 2.75) is 43.7 Å². The molecule has 2 bridgehead atoms. The van der Waals surface area contributed by atoms with E-state index in [1.807, 2.05) is 91.2 Å². The Hall–Kier alpha value is -3.95. The lowest BCUT2D eigenvalue weighted by Gasteiger charge is -2.33. The lowest BCUT2D eigenvalue weighted by atomic mass is 9.70. The molecule has 9 heteroatoms. The monoisotopic (exact) mass is 571 g/mol. The number of fused-ring (bicyclic) bond motifs is 1. The molecular formula is C32H33N3O5S. The minimum atomic E-state index is -1.22. The SMILES string of the molecule is COc1ccc(CCN2C(=O)[C@@H]3[C@@H](C(=O)NCc4cccs4)[C@@]4(C)C=C[C@@]3(O4)[C@H]2C(=O)NCc2ccccc2)cc1. The Morgan fingerprint density at radius 1 is 0.951 bits per heavy atom. The summed E-state index contributed by atoms with van der Waals surface area (Å²) in [5.74, 6) is -1.58. The zero-order valence-corrected chi connectivity index (χ0v) is 23.9. The Balaban J connectivity index is 1.28. The molecule has 8 nitrogen and oxygen atoms in total. The standard InChI is InChI=1S/C32H33N3O5S/c1-31-15-16-32(40-31)26(25(31)28(36)34-20-24-9-6-18-41-24)30(38)35(17-14-21-10-12-23(39-2)13-11-21)27(32)29(37)33-19-22-7-4-3-5-8-22/h3-13,15-16,18,25-27H,14,17,19-20H2,1-2H3,(H,33,37)(H,34,36)/t25-,26-,27+,31+,32-/m0/s1. The molecule has 3 aliphatic heterocycles. The van der Waals surface area contributed by atoms with Gasteiger partial charge >= 0.3 is 0 Å². The van der Waals surface area contributed by atoms with Crippen LogP contribution in [0.4, 0.5) is 0 Å². The fraction of sp³-hybridized carbons (Fsp3) is 0.344. The van der Waals surface area contributed by atoms with Crippen LogP contribution in [0.5, 0.6) is 5.75 Å². The van der Waals surface area contributed by atoms with E-state index >= 15 is 0 Å². The molecular weight excluding hydrogens is 538 g/mol. The number of nitrogens with zero attached hydrogens (tertiary/aromatic N) is 1. The van der Waals surface area contributed by atoms with Gasteiger partial charge in [0, 0.05) is 18.0 Å². The van der Waals surface area contributed by atoms with Gasteiger partial charge in [-0.25, -0.2) is 0 Å². The van der Waals surface area contributed by atoms with Gasteiger partial charge in [-0.05, 0) is 48.1 Å². The molecule has 3 amide bonds. The van der Waals surface area contributed by atoms with Crippen molar-refractivity contribution >= 4 is 29.1 Å². The van der Waals surface area contributed by atoms with Crippen molar-refractivity contribution in [2.24, 2.45) is 11.8 Å². The maximum absolute atomic E-state index is 14.2. The zero-order valence-electron chi connectivity index (χ0n) is 23.0. The summed E-state index contributed by atoms with van der Waals surface area (Å²) in [4.78, 5) is 44.4. The Labute approximate surface area is 243 Å². The zero-order chi connectivity index (χ0) is 28.6. The second kappa shape index (κ2) is 10.8. The summed E-state index contributed by atoms with van der Waals surface area (Å²) >= 11 is 1.56. The summed E-state index contributed by atoms with van der Waals surface area (Å²) in [5, 5.41) is 8.01. The molecule has 2 aromatic carbocycles. The number of nitrogens with one attached hydrogen (secondary N) is 2. The molecule has 3 aromatic rings. The highest BCUT2D eigenvalue weighted by atomic mass is 32.1. The summed E-state index contributed by atoms with van der Waals surface area (Å²) in [6.45, 7) is 2.84. The molecule has 1 spiro atoms. The third-order valence-electron chi connectivity index (χ3n) is 8.45. The van der Waals surface area contributed by atoms with Gasteiger partial charge in [-0.2, -0.15) is 0 Å². The first kappa shape index (κ1) is 27.2. The normalized spacial score (nSPS) is 27.6. The largest absolute Gasteiger partial charge is 0.497 e. The first-order valence-electron chi connectivity index (χ1n) is 13.8. The maximum Gasteiger partial charge on any atom is 0.246 e. The number of benzene rings is 2. The van der Waals surface area contributed by atoms with Crippen molar-refractivity contribution in [1.29, 1.82) is 0 Å². The summed E-state index contributed by atoms with van der Waals surface area (Å²) < 4.78 is 11.9. The average molecular weight is 572 g/mol. The van der Waals surface area contributed by atoms with E-state index in [4.69, 9.17) is 9.47 Å². The molecule has 5 atom stereocenters. The van der Waals surface area contributed by atoms with Gasteiger partial charge in [0.25, 0.3) is 0 Å². The minimum Gasteiger partial charge on any atom is -0.497 e. The van der Waals surface area contributed by atoms with E-state index in [0.29, 0.717) is 26.1 Å². The molecule has 0 aliphatic carbocycles. The number of methoxy groups -OCH3 is 1. The van der Waals surface area contributed by atoms with E-state index < -0.39 is 29.1 Å². The fourth-order valence-corrected chi connectivity index (χ4v) is 7.14. The average Bonchev–Trinajstić information content (AvgIpc) is 3.74. The van der Waals surface area contributed by atoms with Gasteiger partial charge in [-0.15, -0.1) is 11.3 Å². The summed E-state index contributed by atoms with van der Waals surface area (Å²) in [7, 11) is 1.62. The van der Waals surface area contributed by atoms with Crippen LogP contribution < -0.4 is 15.4 Å². The molecule has 1 aromatic heterocycles. The number of carbonyl (C=O) groups is 3. The summed E-state index contributed by atoms with van der Waals surface area (Å²) in [5.41, 5.74) is -0.249. The van der Waals surface area contributed by atoms with Crippen LogP contribution in [0.3, 0.4) is 0 Å². The van der Waals surface area contributed by atoms with Crippen LogP contribution in [-0.4, -0.2) is 53.5 Å². The van der Waals surface area contributed by atoms with Gasteiger partial charge in [0.2, 0.25) is 17.7 Å². The van der Waals surface area contributed by atoms with Gasteiger partial charge < -0.3 is 25.0 Å². The third-order valence-corrected chi connectivity index (χ3v) is 9.33. The molecule has 4 heterocycles. The predicted octanol–water partition coefficient (Wildman–Crippen LogP) is 3.47. The van der Waals surface area contributed by atoms with E-state index in [1.54, 1.807) is 23.3 Å². The Kier molecular flexibility index (Phi) is 7.17. The first-order chi connectivity index (χ1) is 19.8. The van der Waals surface area contributed by atoms with Gasteiger partial charge in [-0.3, -0.25) is 14.4 Å². The molecule has 0 unspecified atom stereocenters. The second-order valence-corrected chi connectivity index (χ2v) is 12.0. The molecule has 41 heavy (non-hydrogen) atoms. The number of likely N-dealkylation sites (tertiary alicyclic amines) is 1. The second-order valence-electron chi connectivity index (χ2n) is 11.0. The number of ether oxygens (including phenoxy) is 2. The van der Waals surface area contributed by atoms with E-state index in [9.17, 15) is 14.4 Å². The number of carbonyl (C=O) groups excluding carboxylic acids is 3. The molecule has 2 saturated heterocycles. The summed E-state index contributed by atoms with van der Waals surface area (Å²) in [6, 6.07) is 20.3. The molecule has 2 N–H and O–H groups in total. The molecule has 6 rings (SSSR count). The van der Waals surface area contributed by atoms with Crippen LogP contribution in [0.1, 0.15) is 22.9 Å². The van der Waals surface area contributed by atoms with Gasteiger partial charge in [0.05, 0.1) is 31.1 Å². The highest BCUT2D eigenvalue weighted by molar-refractivity contribution is 7.09. The quantitative estimate of drug-likeness (QED) is 0.364. The van der Waals surface area contributed by atoms with Gasteiger partial charge in [0.15, 0.2) is 0 Å². The van der Waals surface area contributed by atoms with Crippen molar-refractivity contribution in [3.05, 3.63) is 100 Å². The van der Waals surface area contributed by atoms with E-state index in [1.165, 1.54) is 0 Å². The van der Waals surface area contributed by atoms with Crippen molar-refractivity contribution in [3.63, 3.8) is 0 Å². The van der Waals surface area contributed by atoms with Gasteiger partial charge in [0.1, 0.15) is 17.4 Å². The van der Waals surface area contributed by atoms with Crippen molar-refractivity contribution in [3.8, 4) is 5.75 Å². The van der Waals surface area contributed by atoms with Gasteiger partial charge in [-0.1, -0.05) is 60.7 Å². The first-order valence-corrected chi connectivity index (χ1v) is 14.7. The minimum absolute atomic E-state index is 0.234. The van der Waals surface area contributed by atoms with Crippen molar-refractivity contribution in [1.82, 2.24) is 15.5 Å². The summed E-state index contributed by atoms with van der Waals surface area (Å²) in [6.07, 6.45) is 4.24. The van der Waals surface area contributed by atoms with E-state index in [0.717, 1.165) is 21.8 Å². The molecule has 0 saturated carbocycles. The number of hydrogen-bond donors (Lipinski definition) is 2. The van der Waals surface area contributed by atoms with Crippen molar-refractivity contribution < 1.29 is 23.9 Å². The number of thiophene rings is 1. The highest BCUT2D eigenvalue weighted by Crippen LogP contribution is 2.59. The van der Waals surface area contributed by atoms with Crippen molar-refractivity contribution in [2.75, 3.05) is 13.7 Å². The molecule has 0 radical (unpaired) electrons. The van der Waals surface area contributed by atoms with Crippen LogP contribution in [0.25, 0.3) is 0 Å². The Bertz CT molecular complexity index is 1460. The van der Waals surface area contributed by atoms with E-state index in [-0.39, 0.29) is 17.7 Å². The Morgan fingerprint density at radius 2 is 1.71 bits per heavy atom. The lowest BCUT2D eigenvalue weighted by Crippen LogP contribution is -2.55. The highest BCUT2D eigenvalue weighted by Gasteiger charge is 2.76. The lowest BCUT2D eigenvalue weighted by molar-refractivity contribution is -0.145. The maximum atomic E-state index is 14.2. The number of rotatable bonds is 10. The number of amides is 3. The third kappa shape index (κ3) is 4.83. The fourth-order valence-electron chi connectivity index (χ4n) is 6.49. The molecule has 3 aliphatic rings. The van der Waals surface area contributed by atoms with Crippen LogP contribution in [0.15, 0.2) is 84.3 Å². The predicted molar refractivity (Wildman–Crippen MR) is 155 cm³/mol. The Morgan fingerprint density at radius 3 is 2.41 bits per heavy atom. The number of hydrogen-bond acceptors (Lipinski definition) is 6.